The van der Waals surface area contributed by atoms with Crippen molar-refractivity contribution in [3.05, 3.63) is 29.8 Å². The monoisotopic (exact) mass is 300 g/mol. The zero-order valence-corrected chi connectivity index (χ0v) is 12.4. The van der Waals surface area contributed by atoms with E-state index in [1.54, 1.807) is 19.1 Å². The second-order valence-electron chi connectivity index (χ2n) is 4.78. The maximum absolute atomic E-state index is 12.2. The van der Waals surface area contributed by atoms with Crippen LogP contribution in [0.25, 0.3) is 0 Å². The Morgan fingerprint density at radius 1 is 1.33 bits per heavy atom. The number of nitrogens with one attached hydrogen (secondary N) is 2. The number of amides is 2. The highest BCUT2D eigenvalue weighted by Crippen LogP contribution is 2.20. The van der Waals surface area contributed by atoms with Crippen LogP contribution in [-0.2, 0) is 0 Å². The first kappa shape index (κ1) is 17.2. The molecule has 0 aliphatic carbocycles. The topological polar surface area (TPSA) is 50.4 Å². The van der Waals surface area contributed by atoms with Gasteiger partial charge in [0.2, 0.25) is 0 Å². The molecular weight excluding hydrogens is 278 g/mol. The minimum atomic E-state index is -2.86. The first-order valence-electron chi connectivity index (χ1n) is 7.12. The maximum atomic E-state index is 12.2. The summed E-state index contributed by atoms with van der Waals surface area (Å²) in [5, 5.41) is 5.52. The van der Waals surface area contributed by atoms with Gasteiger partial charge in [0, 0.05) is 6.54 Å². The van der Waals surface area contributed by atoms with Crippen LogP contribution in [0.2, 0.25) is 0 Å². The molecule has 1 rings (SSSR count). The summed E-state index contributed by atoms with van der Waals surface area (Å²) in [4.78, 5) is 11.7. The first-order chi connectivity index (χ1) is 10.0. The van der Waals surface area contributed by atoms with Gasteiger partial charge in [0.15, 0.2) is 0 Å². The van der Waals surface area contributed by atoms with Crippen LogP contribution in [0.15, 0.2) is 24.3 Å². The van der Waals surface area contributed by atoms with E-state index in [9.17, 15) is 13.6 Å². The largest absolute Gasteiger partial charge is 0.435 e. The Morgan fingerprint density at radius 3 is 2.76 bits per heavy atom. The zero-order valence-electron chi connectivity index (χ0n) is 12.4. The summed E-state index contributed by atoms with van der Waals surface area (Å²) in [6.45, 7) is 1.65. The third kappa shape index (κ3) is 6.92. The molecule has 0 radical (unpaired) electrons. The molecule has 0 bridgehead atoms. The van der Waals surface area contributed by atoms with Crippen molar-refractivity contribution in [2.45, 2.75) is 45.8 Å². The van der Waals surface area contributed by atoms with Gasteiger partial charge in [-0.25, -0.2) is 4.79 Å². The van der Waals surface area contributed by atoms with Crippen molar-refractivity contribution >= 4 is 6.03 Å². The van der Waals surface area contributed by atoms with Gasteiger partial charge < -0.3 is 15.4 Å². The summed E-state index contributed by atoms with van der Waals surface area (Å²) in [6, 6.07) is 5.75. The third-order valence-corrected chi connectivity index (χ3v) is 3.00. The Labute approximate surface area is 123 Å². The van der Waals surface area contributed by atoms with E-state index in [-0.39, 0.29) is 17.8 Å². The molecule has 0 aromatic heterocycles. The summed E-state index contributed by atoms with van der Waals surface area (Å²) in [5.74, 6) is 0.0829. The van der Waals surface area contributed by atoms with Crippen molar-refractivity contribution in [2.75, 3.05) is 6.54 Å². The van der Waals surface area contributed by atoms with Gasteiger partial charge in [-0.15, -0.1) is 0 Å². The number of alkyl halides is 2. The lowest BCUT2D eigenvalue weighted by molar-refractivity contribution is -0.0499. The summed E-state index contributed by atoms with van der Waals surface area (Å²) in [5.41, 5.74) is 0.705. The van der Waals surface area contributed by atoms with Crippen molar-refractivity contribution in [3.63, 3.8) is 0 Å². The number of ether oxygens (including phenoxy) is 1. The molecule has 21 heavy (non-hydrogen) atoms. The molecule has 2 amide bonds. The molecule has 4 nitrogen and oxygen atoms in total. The van der Waals surface area contributed by atoms with Crippen LogP contribution >= 0.6 is 0 Å². The van der Waals surface area contributed by atoms with Gasteiger partial charge in [-0.2, -0.15) is 8.78 Å². The number of halogens is 2. The maximum Gasteiger partial charge on any atom is 0.387 e. The highest BCUT2D eigenvalue weighted by atomic mass is 19.3. The Balaban J connectivity index is 2.47. The smallest absolute Gasteiger partial charge is 0.387 e. The van der Waals surface area contributed by atoms with E-state index in [1.807, 2.05) is 0 Å². The molecule has 1 atom stereocenters. The van der Waals surface area contributed by atoms with E-state index in [1.165, 1.54) is 12.1 Å². The van der Waals surface area contributed by atoms with Gasteiger partial charge in [0.1, 0.15) is 5.75 Å². The number of benzene rings is 1. The molecule has 1 aromatic carbocycles. The molecule has 0 spiro atoms. The number of hydrogen-bond donors (Lipinski definition) is 2. The Bertz CT molecular complexity index is 441. The first-order valence-corrected chi connectivity index (χ1v) is 7.12. The molecule has 2 N–H and O–H groups in total. The molecule has 6 heteroatoms. The van der Waals surface area contributed by atoms with E-state index in [0.717, 1.165) is 19.3 Å². The standard InChI is InChI=1S/C15H22F2N2O2/c1-3-4-5-9-18-15(20)19-11(2)12-7-6-8-13(10-12)21-14(16)17/h6-8,10-11,14H,3-5,9H2,1-2H3,(H2,18,19,20). The Hall–Kier alpha value is -1.85. The average Bonchev–Trinajstić information content (AvgIpc) is 2.43. The highest BCUT2D eigenvalue weighted by Gasteiger charge is 2.11. The lowest BCUT2D eigenvalue weighted by Gasteiger charge is -2.16. The Kier molecular flexibility index (Phi) is 7.50. The number of unbranched alkanes of at least 4 members (excludes halogenated alkanes) is 2. The molecule has 1 unspecified atom stereocenters. The molecule has 0 saturated heterocycles. The van der Waals surface area contributed by atoms with Crippen molar-refractivity contribution in [3.8, 4) is 5.75 Å². The number of carbonyl (C=O) groups is 1. The quantitative estimate of drug-likeness (QED) is 0.717. The van der Waals surface area contributed by atoms with Gasteiger partial charge in [0.25, 0.3) is 0 Å². The van der Waals surface area contributed by atoms with Crippen molar-refractivity contribution in [1.82, 2.24) is 10.6 Å². The molecule has 118 valence electrons. The van der Waals surface area contributed by atoms with Gasteiger partial charge in [-0.3, -0.25) is 0 Å². The zero-order chi connectivity index (χ0) is 15.7. The fourth-order valence-electron chi connectivity index (χ4n) is 1.87. The van der Waals surface area contributed by atoms with Gasteiger partial charge in [-0.05, 0) is 31.0 Å². The molecule has 0 fully saturated rings. The molecule has 0 aliphatic rings. The van der Waals surface area contributed by atoms with E-state index in [2.05, 4.69) is 22.3 Å². The lowest BCUT2D eigenvalue weighted by atomic mass is 10.1. The van der Waals surface area contributed by atoms with E-state index < -0.39 is 6.61 Å². The van der Waals surface area contributed by atoms with Crippen LogP contribution in [0.5, 0.6) is 5.75 Å². The summed E-state index contributed by atoms with van der Waals surface area (Å²) in [7, 11) is 0. The van der Waals surface area contributed by atoms with Gasteiger partial charge >= 0.3 is 12.6 Å². The molecule has 0 aliphatic heterocycles. The molecule has 0 saturated carbocycles. The summed E-state index contributed by atoms with van der Waals surface area (Å²) >= 11 is 0. The van der Waals surface area contributed by atoms with Crippen molar-refractivity contribution in [1.29, 1.82) is 0 Å². The molecular formula is C15H22F2N2O2. The molecule has 0 heterocycles. The van der Waals surface area contributed by atoms with Crippen LogP contribution in [0.4, 0.5) is 13.6 Å². The SMILES string of the molecule is CCCCCNC(=O)NC(C)c1cccc(OC(F)F)c1. The second kappa shape index (κ2) is 9.15. The molecule has 1 aromatic rings. The van der Waals surface area contributed by atoms with E-state index in [4.69, 9.17) is 0 Å². The normalized spacial score (nSPS) is 12.0. The second-order valence-corrected chi connectivity index (χ2v) is 4.78. The average molecular weight is 300 g/mol. The fraction of sp³-hybridized carbons (Fsp3) is 0.533. The van der Waals surface area contributed by atoms with Crippen molar-refractivity contribution < 1.29 is 18.3 Å². The van der Waals surface area contributed by atoms with Crippen LogP contribution in [-0.4, -0.2) is 19.2 Å². The van der Waals surface area contributed by atoms with Gasteiger partial charge in [-0.1, -0.05) is 31.9 Å². The highest BCUT2D eigenvalue weighted by molar-refractivity contribution is 5.74. The third-order valence-electron chi connectivity index (χ3n) is 3.00. The minimum Gasteiger partial charge on any atom is -0.435 e. The summed E-state index contributed by atoms with van der Waals surface area (Å²) in [6.07, 6.45) is 3.11. The van der Waals surface area contributed by atoms with Crippen LogP contribution in [0, 0.1) is 0 Å². The van der Waals surface area contributed by atoms with Crippen LogP contribution < -0.4 is 15.4 Å². The summed E-state index contributed by atoms with van der Waals surface area (Å²) < 4.78 is 28.7. The lowest BCUT2D eigenvalue weighted by Crippen LogP contribution is -2.37. The minimum absolute atomic E-state index is 0.0829. The van der Waals surface area contributed by atoms with Crippen LogP contribution in [0.3, 0.4) is 0 Å². The number of rotatable bonds is 8. The fourth-order valence-corrected chi connectivity index (χ4v) is 1.87. The van der Waals surface area contributed by atoms with Crippen LogP contribution in [0.1, 0.15) is 44.7 Å². The number of urea groups is 1. The van der Waals surface area contributed by atoms with Crippen molar-refractivity contribution in [2.24, 2.45) is 0 Å². The van der Waals surface area contributed by atoms with E-state index in [0.29, 0.717) is 12.1 Å². The predicted molar refractivity (Wildman–Crippen MR) is 77.5 cm³/mol. The Morgan fingerprint density at radius 2 is 2.10 bits per heavy atom. The number of carbonyl (C=O) groups excluding carboxylic acids is 1. The van der Waals surface area contributed by atoms with E-state index >= 15 is 0 Å². The predicted octanol–water partition coefficient (Wildman–Crippen LogP) is 3.84. The van der Waals surface area contributed by atoms with Gasteiger partial charge in [0.05, 0.1) is 6.04 Å². The number of hydrogen-bond acceptors (Lipinski definition) is 2.